The average molecular weight is 204 g/mol. The molecular formula is C4H6BrF2O2-. The molecule has 0 saturated heterocycles. The van der Waals surface area contributed by atoms with Crippen LogP contribution in [-0.4, -0.2) is 19.0 Å². The van der Waals surface area contributed by atoms with Crippen LogP contribution < -0.4 is 17.0 Å². The minimum absolute atomic E-state index is 0. The lowest BCUT2D eigenvalue weighted by Gasteiger charge is -1.96. The minimum atomic E-state index is -2.99. The highest BCUT2D eigenvalue weighted by Gasteiger charge is 2.14. The molecule has 0 aromatic rings. The van der Waals surface area contributed by atoms with E-state index in [0.29, 0.717) is 0 Å². The Labute approximate surface area is 62.0 Å². The van der Waals surface area contributed by atoms with Gasteiger partial charge >= 0.3 is 12.4 Å². The summed E-state index contributed by atoms with van der Waals surface area (Å²) in [5.41, 5.74) is 0. The van der Waals surface area contributed by atoms with Gasteiger partial charge in [0.1, 0.15) is 0 Å². The Morgan fingerprint density at radius 1 is 1.67 bits per heavy atom. The first kappa shape index (κ1) is 11.6. The van der Waals surface area contributed by atoms with Gasteiger partial charge in [-0.1, -0.05) is 0 Å². The van der Waals surface area contributed by atoms with Crippen LogP contribution in [0.25, 0.3) is 0 Å². The molecule has 56 valence electrons. The van der Waals surface area contributed by atoms with E-state index in [1.54, 1.807) is 0 Å². The number of alkyl halides is 2. The summed E-state index contributed by atoms with van der Waals surface area (Å²) in [6.07, 6.45) is -2.99. The van der Waals surface area contributed by atoms with Crippen molar-refractivity contribution in [3.8, 4) is 0 Å². The fraction of sp³-hybridized carbons (Fsp3) is 0.750. The predicted molar refractivity (Wildman–Crippen MR) is 22.6 cm³/mol. The molecule has 0 amide bonds. The Morgan fingerprint density at radius 3 is 2.22 bits per heavy atom. The van der Waals surface area contributed by atoms with Gasteiger partial charge in [0.2, 0.25) is 0 Å². The fourth-order valence-electron chi connectivity index (χ4n) is 0.205. The number of hydrogen-bond acceptors (Lipinski definition) is 2. The highest BCUT2D eigenvalue weighted by atomic mass is 79.9. The van der Waals surface area contributed by atoms with Crippen molar-refractivity contribution in [3.63, 3.8) is 0 Å². The molecular weight excluding hydrogens is 198 g/mol. The van der Waals surface area contributed by atoms with Crippen molar-refractivity contribution in [3.05, 3.63) is 0 Å². The van der Waals surface area contributed by atoms with E-state index in [9.17, 15) is 13.6 Å². The molecule has 0 unspecified atom stereocenters. The van der Waals surface area contributed by atoms with Crippen molar-refractivity contribution in [1.82, 2.24) is 0 Å². The Kier molecular flexibility index (Phi) is 7.65. The topological polar surface area (TPSA) is 26.3 Å². The van der Waals surface area contributed by atoms with E-state index in [-0.39, 0.29) is 23.6 Å². The third-order valence-electron chi connectivity index (χ3n) is 0.465. The summed E-state index contributed by atoms with van der Waals surface area (Å²) in [4.78, 5) is 9.77. The number of halogens is 3. The molecule has 0 aromatic heterocycles. The summed E-state index contributed by atoms with van der Waals surface area (Å²) in [6.45, 7) is 1.48. The van der Waals surface area contributed by atoms with Crippen LogP contribution >= 0.6 is 0 Å². The van der Waals surface area contributed by atoms with E-state index in [1.807, 2.05) is 0 Å². The molecule has 0 atom stereocenters. The van der Waals surface area contributed by atoms with Crippen LogP contribution in [0.5, 0.6) is 0 Å². The molecule has 0 fully saturated rings. The van der Waals surface area contributed by atoms with Crippen molar-refractivity contribution >= 4 is 5.97 Å². The third kappa shape index (κ3) is 5.68. The first-order chi connectivity index (χ1) is 3.68. The summed E-state index contributed by atoms with van der Waals surface area (Å²) < 4.78 is 26.2. The lowest BCUT2D eigenvalue weighted by atomic mass is 10.7. The number of carbonyl (C=O) groups is 1. The molecule has 0 N–H and O–H groups in total. The molecule has 0 radical (unpaired) electrons. The average Bonchev–Trinajstić information content (AvgIpc) is 1.67. The summed E-state index contributed by atoms with van der Waals surface area (Å²) in [5, 5.41) is 0. The van der Waals surface area contributed by atoms with Gasteiger partial charge in [0.25, 0.3) is 0 Å². The maximum absolute atomic E-state index is 11.1. The second-order valence-corrected chi connectivity index (χ2v) is 1.05. The van der Waals surface area contributed by atoms with Gasteiger partial charge in [-0.15, -0.1) is 0 Å². The van der Waals surface area contributed by atoms with Gasteiger partial charge < -0.3 is 21.7 Å². The van der Waals surface area contributed by atoms with Gasteiger partial charge in [-0.05, 0) is 6.92 Å². The van der Waals surface area contributed by atoms with E-state index in [1.165, 1.54) is 6.92 Å². The Bertz CT molecular complexity index is 86.6. The Hall–Kier alpha value is -0.190. The summed E-state index contributed by atoms with van der Waals surface area (Å²) in [5.74, 6) is -1.45. The molecule has 2 nitrogen and oxygen atoms in total. The van der Waals surface area contributed by atoms with Gasteiger partial charge in [-0.3, -0.25) is 0 Å². The van der Waals surface area contributed by atoms with Gasteiger partial charge in [0.15, 0.2) is 0 Å². The van der Waals surface area contributed by atoms with E-state index in [0.717, 1.165) is 0 Å². The van der Waals surface area contributed by atoms with Crippen LogP contribution in [0.1, 0.15) is 6.92 Å². The monoisotopic (exact) mass is 203 g/mol. The van der Waals surface area contributed by atoms with Crippen LogP contribution in [0.15, 0.2) is 0 Å². The molecule has 0 heterocycles. The number of ether oxygens (including phenoxy) is 1. The minimum Gasteiger partial charge on any atom is -1.00 e. The normalized spacial score (nSPS) is 8.44. The predicted octanol–water partition coefficient (Wildman–Crippen LogP) is -2.18. The summed E-state index contributed by atoms with van der Waals surface area (Å²) >= 11 is 0. The molecule has 0 aromatic carbocycles. The van der Waals surface area contributed by atoms with Gasteiger partial charge in [0, 0.05) is 0 Å². The van der Waals surface area contributed by atoms with Crippen LogP contribution in [0.4, 0.5) is 8.78 Å². The molecule has 5 heteroatoms. The molecule has 0 rings (SSSR count). The number of rotatable bonds is 2. The smallest absolute Gasteiger partial charge is 0.373 e. The highest BCUT2D eigenvalue weighted by molar-refractivity contribution is 5.72. The third-order valence-corrected chi connectivity index (χ3v) is 0.465. The van der Waals surface area contributed by atoms with Crippen molar-refractivity contribution in [1.29, 1.82) is 0 Å². The molecule has 0 bridgehead atoms. The zero-order valence-corrected chi connectivity index (χ0v) is 6.32. The Balaban J connectivity index is 0. The van der Waals surface area contributed by atoms with E-state index in [4.69, 9.17) is 0 Å². The SMILES string of the molecule is CCOC(=O)C(F)F.[Br-]. The Morgan fingerprint density at radius 2 is 2.11 bits per heavy atom. The molecule has 0 aliphatic rings. The van der Waals surface area contributed by atoms with Gasteiger partial charge in [-0.25, -0.2) is 4.79 Å². The standard InChI is InChI=1S/C4H6F2O2.BrH/c1-2-8-4(7)3(5)6;/h3H,2H2,1H3;1H/p-1. The highest BCUT2D eigenvalue weighted by Crippen LogP contribution is 1.93. The maximum atomic E-state index is 11.1. The van der Waals surface area contributed by atoms with Crippen molar-refractivity contribution in [2.45, 2.75) is 13.3 Å². The number of carbonyl (C=O) groups excluding carboxylic acids is 1. The number of esters is 1. The lowest BCUT2D eigenvalue weighted by Crippen LogP contribution is -3.00. The van der Waals surface area contributed by atoms with Crippen LogP contribution in [-0.2, 0) is 9.53 Å². The maximum Gasteiger partial charge on any atom is 0.373 e. The van der Waals surface area contributed by atoms with Crippen molar-refractivity contribution in [2.24, 2.45) is 0 Å². The summed E-state index contributed by atoms with van der Waals surface area (Å²) in [6, 6.07) is 0. The van der Waals surface area contributed by atoms with E-state index < -0.39 is 12.4 Å². The molecule has 0 aliphatic heterocycles. The largest absolute Gasteiger partial charge is 1.00 e. The lowest BCUT2D eigenvalue weighted by molar-refractivity contribution is -0.155. The second kappa shape index (κ2) is 5.94. The molecule has 9 heavy (non-hydrogen) atoms. The quantitative estimate of drug-likeness (QED) is 0.478. The van der Waals surface area contributed by atoms with E-state index in [2.05, 4.69) is 4.74 Å². The van der Waals surface area contributed by atoms with Crippen LogP contribution in [0.3, 0.4) is 0 Å². The first-order valence-corrected chi connectivity index (χ1v) is 2.13. The van der Waals surface area contributed by atoms with Crippen molar-refractivity contribution in [2.75, 3.05) is 6.61 Å². The summed E-state index contributed by atoms with van der Waals surface area (Å²) in [7, 11) is 0. The fourth-order valence-corrected chi connectivity index (χ4v) is 0.205. The molecule has 0 saturated carbocycles. The van der Waals surface area contributed by atoms with Crippen molar-refractivity contribution < 1.29 is 35.3 Å². The van der Waals surface area contributed by atoms with Gasteiger partial charge in [-0.2, -0.15) is 8.78 Å². The van der Waals surface area contributed by atoms with Crippen LogP contribution in [0, 0.1) is 0 Å². The second-order valence-electron chi connectivity index (χ2n) is 1.05. The van der Waals surface area contributed by atoms with Gasteiger partial charge in [0.05, 0.1) is 6.61 Å². The molecule has 0 aliphatic carbocycles. The van der Waals surface area contributed by atoms with Crippen LogP contribution in [0.2, 0.25) is 0 Å². The first-order valence-electron chi connectivity index (χ1n) is 2.13. The molecule has 0 spiro atoms. The number of hydrogen-bond donors (Lipinski definition) is 0. The van der Waals surface area contributed by atoms with E-state index >= 15 is 0 Å². The zero-order chi connectivity index (χ0) is 6.57. The zero-order valence-electron chi connectivity index (χ0n) is 4.73.